The van der Waals surface area contributed by atoms with E-state index >= 15 is 0 Å². The number of thioether (sulfide) groups is 2. The van der Waals surface area contributed by atoms with Gasteiger partial charge in [-0.2, -0.15) is 23.5 Å². The van der Waals surface area contributed by atoms with Crippen molar-refractivity contribution in [3.8, 4) is 0 Å². The molecule has 3 unspecified atom stereocenters. The molecule has 0 aromatic heterocycles. The molecule has 0 spiro atoms. The Bertz CT molecular complexity index is 197. The molecular formula is C12H23NOS2. The second kappa shape index (κ2) is 7.14. The minimum Gasteiger partial charge on any atom is -0.378 e. The Morgan fingerprint density at radius 1 is 1.38 bits per heavy atom. The third-order valence-electron chi connectivity index (χ3n) is 3.34. The van der Waals surface area contributed by atoms with Gasteiger partial charge in [-0.25, -0.2) is 0 Å². The lowest BCUT2D eigenvalue weighted by molar-refractivity contribution is 0.000139. The molecule has 0 aromatic rings. The first kappa shape index (κ1) is 13.1. The molecule has 2 aliphatic rings. The van der Waals surface area contributed by atoms with E-state index in [1.807, 2.05) is 0 Å². The van der Waals surface area contributed by atoms with E-state index in [4.69, 9.17) is 4.74 Å². The van der Waals surface area contributed by atoms with E-state index < -0.39 is 0 Å². The lowest BCUT2D eigenvalue weighted by Crippen LogP contribution is -2.42. The van der Waals surface area contributed by atoms with Gasteiger partial charge in [-0.3, -0.25) is 0 Å². The predicted molar refractivity (Wildman–Crippen MR) is 74.6 cm³/mol. The van der Waals surface area contributed by atoms with E-state index in [2.05, 4.69) is 35.8 Å². The molecule has 2 fully saturated rings. The summed E-state index contributed by atoms with van der Waals surface area (Å²) in [6.45, 7) is 4.36. The number of ether oxygens (including phenoxy) is 1. The van der Waals surface area contributed by atoms with Crippen molar-refractivity contribution in [2.24, 2.45) is 0 Å². The molecule has 2 aliphatic heterocycles. The summed E-state index contributed by atoms with van der Waals surface area (Å²) in [5, 5.41) is 4.58. The third-order valence-corrected chi connectivity index (χ3v) is 6.19. The minimum absolute atomic E-state index is 0.500. The van der Waals surface area contributed by atoms with E-state index in [9.17, 15) is 0 Å². The molecule has 4 heteroatoms. The van der Waals surface area contributed by atoms with Gasteiger partial charge in [0, 0.05) is 41.7 Å². The maximum atomic E-state index is 5.70. The van der Waals surface area contributed by atoms with Crippen LogP contribution in [-0.4, -0.2) is 47.8 Å². The van der Waals surface area contributed by atoms with Crippen molar-refractivity contribution in [2.45, 2.75) is 43.6 Å². The average molecular weight is 261 g/mol. The summed E-state index contributed by atoms with van der Waals surface area (Å²) in [5.41, 5.74) is 0. The molecule has 0 radical (unpaired) electrons. The second-order valence-corrected chi connectivity index (χ2v) is 7.16. The van der Waals surface area contributed by atoms with Gasteiger partial charge in [0.15, 0.2) is 0 Å². The number of hydrogen-bond acceptors (Lipinski definition) is 4. The van der Waals surface area contributed by atoms with E-state index in [0.717, 1.165) is 18.3 Å². The quantitative estimate of drug-likeness (QED) is 0.838. The van der Waals surface area contributed by atoms with Crippen LogP contribution in [0.5, 0.6) is 0 Å². The Kier molecular flexibility index (Phi) is 5.83. The molecular weight excluding hydrogens is 238 g/mol. The minimum atomic E-state index is 0.500. The van der Waals surface area contributed by atoms with Gasteiger partial charge < -0.3 is 10.1 Å². The fraction of sp³-hybridized carbons (Fsp3) is 1.00. The molecule has 3 atom stereocenters. The van der Waals surface area contributed by atoms with Gasteiger partial charge in [-0.15, -0.1) is 0 Å². The first-order chi connectivity index (χ1) is 7.88. The van der Waals surface area contributed by atoms with Gasteiger partial charge in [0.1, 0.15) is 0 Å². The summed E-state index contributed by atoms with van der Waals surface area (Å²) in [7, 11) is 0. The summed E-state index contributed by atoms with van der Waals surface area (Å²) in [5.74, 6) is 4.01. The van der Waals surface area contributed by atoms with Crippen LogP contribution in [0.3, 0.4) is 0 Å². The molecule has 16 heavy (non-hydrogen) atoms. The van der Waals surface area contributed by atoms with Gasteiger partial charge in [-0.05, 0) is 19.3 Å². The average Bonchev–Trinajstić information content (AvgIpc) is 2.38. The van der Waals surface area contributed by atoms with E-state index in [1.165, 1.54) is 36.6 Å². The molecule has 2 rings (SSSR count). The fourth-order valence-corrected chi connectivity index (χ4v) is 4.93. The summed E-state index contributed by atoms with van der Waals surface area (Å²) in [6.07, 6.45) is 4.06. The molecule has 2 heterocycles. The van der Waals surface area contributed by atoms with Crippen LogP contribution < -0.4 is 5.32 Å². The van der Waals surface area contributed by atoms with Crippen LogP contribution in [0.25, 0.3) is 0 Å². The van der Waals surface area contributed by atoms with Crippen molar-refractivity contribution in [3.63, 3.8) is 0 Å². The van der Waals surface area contributed by atoms with Crippen molar-refractivity contribution in [2.75, 3.05) is 30.4 Å². The zero-order valence-corrected chi connectivity index (χ0v) is 11.7. The van der Waals surface area contributed by atoms with Crippen LogP contribution >= 0.6 is 23.5 Å². The van der Waals surface area contributed by atoms with Crippen LogP contribution in [0, 0.1) is 0 Å². The molecule has 0 aromatic carbocycles. The zero-order chi connectivity index (χ0) is 11.2. The van der Waals surface area contributed by atoms with Gasteiger partial charge >= 0.3 is 0 Å². The SMILES string of the molecule is CCC1CC(NCC2CSCCS2)CCO1. The van der Waals surface area contributed by atoms with Crippen LogP contribution in [0.2, 0.25) is 0 Å². The number of nitrogens with one attached hydrogen (secondary N) is 1. The molecule has 0 bridgehead atoms. The van der Waals surface area contributed by atoms with Crippen molar-refractivity contribution < 1.29 is 4.74 Å². The van der Waals surface area contributed by atoms with E-state index in [-0.39, 0.29) is 0 Å². The summed E-state index contributed by atoms with van der Waals surface area (Å²) < 4.78 is 5.70. The third kappa shape index (κ3) is 4.13. The van der Waals surface area contributed by atoms with E-state index in [1.54, 1.807) is 0 Å². The normalized spacial score (nSPS) is 36.2. The van der Waals surface area contributed by atoms with Gasteiger partial charge in [-0.1, -0.05) is 6.92 Å². The topological polar surface area (TPSA) is 21.3 Å². The molecule has 2 nitrogen and oxygen atoms in total. The molecule has 0 saturated carbocycles. The Morgan fingerprint density at radius 3 is 3.06 bits per heavy atom. The first-order valence-electron chi connectivity index (χ1n) is 6.42. The standard InChI is InChI=1S/C12H23NOS2/c1-2-11-7-10(3-4-14-11)13-8-12-9-15-5-6-16-12/h10-13H,2-9H2,1H3. The maximum Gasteiger partial charge on any atom is 0.0587 e. The molecule has 1 N–H and O–H groups in total. The van der Waals surface area contributed by atoms with Crippen LogP contribution in [0.1, 0.15) is 26.2 Å². The van der Waals surface area contributed by atoms with E-state index in [0.29, 0.717) is 12.1 Å². The second-order valence-electron chi connectivity index (χ2n) is 4.60. The summed E-state index contributed by atoms with van der Waals surface area (Å²) in [4.78, 5) is 0. The van der Waals surface area contributed by atoms with Crippen LogP contribution in [-0.2, 0) is 4.74 Å². The van der Waals surface area contributed by atoms with Gasteiger partial charge in [0.2, 0.25) is 0 Å². The molecule has 0 amide bonds. The highest BCUT2D eigenvalue weighted by Crippen LogP contribution is 2.24. The maximum absolute atomic E-state index is 5.70. The monoisotopic (exact) mass is 261 g/mol. The van der Waals surface area contributed by atoms with Gasteiger partial charge in [0.05, 0.1) is 6.10 Å². The lowest BCUT2D eigenvalue weighted by Gasteiger charge is -2.31. The van der Waals surface area contributed by atoms with Crippen molar-refractivity contribution in [3.05, 3.63) is 0 Å². The summed E-state index contributed by atoms with van der Waals surface area (Å²) in [6, 6.07) is 0.700. The highest BCUT2D eigenvalue weighted by molar-refractivity contribution is 8.06. The van der Waals surface area contributed by atoms with Crippen molar-refractivity contribution in [1.82, 2.24) is 5.32 Å². The highest BCUT2D eigenvalue weighted by Gasteiger charge is 2.22. The summed E-state index contributed by atoms with van der Waals surface area (Å²) >= 11 is 4.25. The molecule has 2 saturated heterocycles. The first-order valence-corrected chi connectivity index (χ1v) is 8.63. The fourth-order valence-electron chi connectivity index (χ4n) is 2.30. The van der Waals surface area contributed by atoms with Crippen molar-refractivity contribution in [1.29, 1.82) is 0 Å². The van der Waals surface area contributed by atoms with Crippen LogP contribution in [0.15, 0.2) is 0 Å². The number of hydrogen-bond donors (Lipinski definition) is 1. The Balaban J connectivity index is 1.64. The molecule has 94 valence electrons. The number of rotatable bonds is 4. The largest absolute Gasteiger partial charge is 0.378 e. The highest BCUT2D eigenvalue weighted by atomic mass is 32.2. The van der Waals surface area contributed by atoms with Crippen molar-refractivity contribution >= 4 is 23.5 Å². The Morgan fingerprint density at radius 2 is 2.31 bits per heavy atom. The predicted octanol–water partition coefficient (Wildman–Crippen LogP) is 2.38. The Labute approximate surface area is 108 Å². The smallest absolute Gasteiger partial charge is 0.0587 e. The Hall–Kier alpha value is 0.620. The van der Waals surface area contributed by atoms with Crippen LogP contribution in [0.4, 0.5) is 0 Å². The van der Waals surface area contributed by atoms with Gasteiger partial charge in [0.25, 0.3) is 0 Å². The lowest BCUT2D eigenvalue weighted by atomic mass is 10.0. The zero-order valence-electron chi connectivity index (χ0n) is 10.1. The molecule has 0 aliphatic carbocycles.